The zero-order valence-corrected chi connectivity index (χ0v) is 50.0. The third-order valence-electron chi connectivity index (χ3n) is 13.6. The summed E-state index contributed by atoms with van der Waals surface area (Å²) in [6, 6.07) is 0. The van der Waals surface area contributed by atoms with Gasteiger partial charge in [0.2, 0.25) is 0 Å². The third kappa shape index (κ3) is 59.0. The first-order chi connectivity index (χ1) is 36.0. The minimum Gasteiger partial charge on any atom is -0.462 e. The summed E-state index contributed by atoms with van der Waals surface area (Å²) in [5.74, 6) is -0.858. The van der Waals surface area contributed by atoms with Crippen LogP contribution in [0.4, 0.5) is 0 Å². The fourth-order valence-electron chi connectivity index (χ4n) is 8.82. The second-order valence-electron chi connectivity index (χ2n) is 22.1. The van der Waals surface area contributed by atoms with Gasteiger partial charge in [-0.25, -0.2) is 4.57 Å². The van der Waals surface area contributed by atoms with E-state index in [2.05, 4.69) is 74.6 Å². The average Bonchev–Trinajstić information content (AvgIpc) is 3.36. The van der Waals surface area contributed by atoms with E-state index in [1.807, 2.05) is 21.1 Å². The van der Waals surface area contributed by atoms with Crippen molar-refractivity contribution in [3.63, 3.8) is 0 Å². The number of hydrogen-bond acceptors (Lipinski definition) is 7. The normalized spacial score (nSPS) is 13.6. The number of ether oxygens (including phenoxy) is 2. The van der Waals surface area contributed by atoms with E-state index in [0.717, 1.165) is 51.4 Å². The Bertz CT molecular complexity index is 1430. The molecule has 0 spiro atoms. The van der Waals surface area contributed by atoms with Gasteiger partial charge in [0, 0.05) is 12.8 Å². The standard InChI is InChI=1S/C64H118NO8P/c1-6-8-10-12-14-16-18-20-22-24-25-26-27-28-29-30-31-32-33-34-35-36-37-38-39-41-42-44-46-48-50-52-54-56-63(66)70-60-62(61-72-74(68,69)71-59-58-65(3,4)5)73-64(67)57-55-53-51-49-47-45-43-40-23-21-19-17-15-13-11-9-7-2/h9,11,15,17,21,23,43,45,49,51,62H,6-8,10,12-14,16,18-20,22,24-42,44,46-48,50,52-61H2,1-5H3/p+1/b11-9-,17-15-,23-21-,45-43-,51-49-. The monoisotopic (exact) mass is 1060 g/mol. The van der Waals surface area contributed by atoms with Crippen LogP contribution in [0.3, 0.4) is 0 Å². The van der Waals surface area contributed by atoms with Gasteiger partial charge in [-0.3, -0.25) is 18.6 Å². The van der Waals surface area contributed by atoms with Gasteiger partial charge in [-0.15, -0.1) is 0 Å². The van der Waals surface area contributed by atoms with Gasteiger partial charge in [-0.2, -0.15) is 0 Å². The summed E-state index contributed by atoms with van der Waals surface area (Å²) < 4.78 is 34.5. The fraction of sp³-hybridized carbons (Fsp3) is 0.812. The molecule has 0 rings (SSSR count). The van der Waals surface area contributed by atoms with E-state index < -0.39 is 26.5 Å². The van der Waals surface area contributed by atoms with Gasteiger partial charge in [-0.1, -0.05) is 280 Å². The first-order valence-electron chi connectivity index (χ1n) is 31.0. The van der Waals surface area contributed by atoms with Crippen LogP contribution in [-0.2, 0) is 32.7 Å². The molecule has 0 aliphatic heterocycles. The van der Waals surface area contributed by atoms with Crippen molar-refractivity contribution in [2.75, 3.05) is 47.5 Å². The van der Waals surface area contributed by atoms with E-state index in [9.17, 15) is 19.0 Å². The molecule has 74 heavy (non-hydrogen) atoms. The van der Waals surface area contributed by atoms with Gasteiger partial charge in [0.1, 0.15) is 19.8 Å². The largest absolute Gasteiger partial charge is 0.472 e. The number of allylic oxidation sites excluding steroid dienone is 10. The minimum absolute atomic E-state index is 0.0201. The Kier molecular flexibility index (Phi) is 53.7. The number of phosphoric acid groups is 1. The highest BCUT2D eigenvalue weighted by molar-refractivity contribution is 7.47. The molecule has 10 heteroatoms. The van der Waals surface area contributed by atoms with E-state index >= 15 is 0 Å². The topological polar surface area (TPSA) is 108 Å². The highest BCUT2D eigenvalue weighted by atomic mass is 31.2. The Labute approximate surface area is 457 Å². The van der Waals surface area contributed by atoms with Gasteiger partial charge in [0.25, 0.3) is 0 Å². The molecule has 2 atom stereocenters. The summed E-state index contributed by atoms with van der Waals surface area (Å²) >= 11 is 0. The Morgan fingerprint density at radius 3 is 1.14 bits per heavy atom. The van der Waals surface area contributed by atoms with Crippen LogP contribution in [0.5, 0.6) is 0 Å². The van der Waals surface area contributed by atoms with Crippen LogP contribution in [-0.4, -0.2) is 74.9 Å². The third-order valence-corrected chi connectivity index (χ3v) is 14.5. The van der Waals surface area contributed by atoms with Crippen LogP contribution < -0.4 is 0 Å². The van der Waals surface area contributed by atoms with Gasteiger partial charge >= 0.3 is 19.8 Å². The van der Waals surface area contributed by atoms with E-state index in [-0.39, 0.29) is 32.0 Å². The molecular formula is C64H119NO8P+. The van der Waals surface area contributed by atoms with Crippen LogP contribution in [0, 0.1) is 0 Å². The number of hydrogen-bond donors (Lipinski definition) is 1. The van der Waals surface area contributed by atoms with Crippen molar-refractivity contribution >= 4 is 19.8 Å². The van der Waals surface area contributed by atoms with Crippen LogP contribution >= 0.6 is 7.82 Å². The number of carbonyl (C=O) groups is 2. The smallest absolute Gasteiger partial charge is 0.462 e. The van der Waals surface area contributed by atoms with Gasteiger partial charge in [-0.05, 0) is 51.4 Å². The van der Waals surface area contributed by atoms with Crippen molar-refractivity contribution in [2.45, 2.75) is 290 Å². The van der Waals surface area contributed by atoms with E-state index in [1.54, 1.807) is 0 Å². The second-order valence-corrected chi connectivity index (χ2v) is 23.5. The molecule has 432 valence electrons. The van der Waals surface area contributed by atoms with Crippen LogP contribution in [0.25, 0.3) is 0 Å². The number of carbonyl (C=O) groups excluding carboxylic acids is 2. The van der Waals surface area contributed by atoms with E-state index in [4.69, 9.17) is 18.5 Å². The highest BCUT2D eigenvalue weighted by Gasteiger charge is 2.27. The van der Waals surface area contributed by atoms with Crippen molar-refractivity contribution in [3.8, 4) is 0 Å². The second kappa shape index (κ2) is 55.5. The molecule has 0 radical (unpaired) electrons. The molecule has 2 unspecified atom stereocenters. The molecule has 0 amide bonds. The lowest BCUT2D eigenvalue weighted by Gasteiger charge is -2.24. The summed E-state index contributed by atoms with van der Waals surface area (Å²) in [5.41, 5.74) is 0. The molecule has 9 nitrogen and oxygen atoms in total. The Morgan fingerprint density at radius 2 is 0.770 bits per heavy atom. The van der Waals surface area contributed by atoms with Crippen molar-refractivity contribution in [3.05, 3.63) is 60.8 Å². The summed E-state index contributed by atoms with van der Waals surface area (Å²) in [4.78, 5) is 35.6. The number of nitrogens with zero attached hydrogens (tertiary/aromatic N) is 1. The molecule has 0 aromatic heterocycles. The first kappa shape index (κ1) is 71.7. The maximum atomic E-state index is 12.8. The molecule has 0 bridgehead atoms. The van der Waals surface area contributed by atoms with Crippen molar-refractivity contribution in [2.24, 2.45) is 0 Å². The SMILES string of the molecule is CC/C=C\C/C=C\C/C=C\C/C=C\C/C=C\CCCC(=O)OC(COC(=O)CCCCCCCCCCCCCCCCCCCCCCCCCCCCCCCCCCC)COP(=O)(O)OCC[N+](C)(C)C. The lowest BCUT2D eigenvalue weighted by molar-refractivity contribution is -0.870. The van der Waals surface area contributed by atoms with Crippen molar-refractivity contribution in [1.82, 2.24) is 0 Å². The van der Waals surface area contributed by atoms with Crippen LogP contribution in [0.1, 0.15) is 284 Å². The zero-order valence-electron chi connectivity index (χ0n) is 49.1. The van der Waals surface area contributed by atoms with Gasteiger partial charge < -0.3 is 18.9 Å². The number of esters is 2. The molecule has 0 saturated carbocycles. The average molecular weight is 1060 g/mol. The summed E-state index contributed by atoms with van der Waals surface area (Å²) in [6.07, 6.45) is 72.0. The summed E-state index contributed by atoms with van der Waals surface area (Å²) in [6.45, 7) is 4.28. The molecule has 0 fully saturated rings. The molecule has 1 N–H and O–H groups in total. The van der Waals surface area contributed by atoms with E-state index in [0.29, 0.717) is 23.9 Å². The van der Waals surface area contributed by atoms with E-state index in [1.165, 1.54) is 193 Å². The number of likely N-dealkylation sites (N-methyl/N-ethyl adjacent to an activating group) is 1. The highest BCUT2D eigenvalue weighted by Crippen LogP contribution is 2.43. The van der Waals surface area contributed by atoms with Crippen molar-refractivity contribution in [1.29, 1.82) is 0 Å². The minimum atomic E-state index is -4.40. The van der Waals surface area contributed by atoms with Crippen molar-refractivity contribution < 1.29 is 42.1 Å². The summed E-state index contributed by atoms with van der Waals surface area (Å²) in [5, 5.41) is 0. The number of phosphoric ester groups is 1. The Morgan fingerprint density at radius 1 is 0.432 bits per heavy atom. The molecule has 0 aliphatic rings. The quantitative estimate of drug-likeness (QED) is 0.0211. The lowest BCUT2D eigenvalue weighted by Crippen LogP contribution is -2.37. The lowest BCUT2D eigenvalue weighted by atomic mass is 10.0. The van der Waals surface area contributed by atoms with Crippen LogP contribution in [0.15, 0.2) is 60.8 Å². The molecule has 0 aliphatic carbocycles. The Hall–Kier alpha value is -2.29. The predicted octanol–water partition coefficient (Wildman–Crippen LogP) is 19.5. The Balaban J connectivity index is 4.02. The fourth-order valence-corrected chi connectivity index (χ4v) is 9.56. The first-order valence-corrected chi connectivity index (χ1v) is 32.5. The molecule has 0 saturated heterocycles. The van der Waals surface area contributed by atoms with Gasteiger partial charge in [0.15, 0.2) is 6.10 Å². The maximum absolute atomic E-state index is 12.8. The number of rotatable bonds is 57. The van der Waals surface area contributed by atoms with Gasteiger partial charge in [0.05, 0.1) is 27.7 Å². The summed E-state index contributed by atoms with van der Waals surface area (Å²) in [7, 11) is 1.44. The van der Waals surface area contributed by atoms with Crippen LogP contribution in [0.2, 0.25) is 0 Å². The zero-order chi connectivity index (χ0) is 54.2. The molecular weight excluding hydrogens is 942 g/mol. The maximum Gasteiger partial charge on any atom is 0.472 e. The molecule has 0 heterocycles. The predicted molar refractivity (Wildman–Crippen MR) is 316 cm³/mol. The number of quaternary nitrogens is 1. The number of unbranched alkanes of at least 4 members (excludes halogenated alkanes) is 33. The molecule has 0 aromatic carbocycles. The molecule has 0 aromatic rings.